The third kappa shape index (κ3) is 7.42. The Morgan fingerprint density at radius 3 is 2.47 bits per heavy atom. The predicted octanol–water partition coefficient (Wildman–Crippen LogP) is 5.43. The lowest BCUT2D eigenvalue weighted by Crippen LogP contribution is -2.25. The molecular weight excluding hydrogens is 545 g/mol. The van der Waals surface area contributed by atoms with Gasteiger partial charge in [-0.25, -0.2) is 0 Å². The number of nitrogens with one attached hydrogen (secondary N) is 1. The molecule has 0 aliphatic heterocycles. The first-order valence-electron chi connectivity index (χ1n) is 10.6. The van der Waals surface area contributed by atoms with Gasteiger partial charge in [0, 0.05) is 18.7 Å². The van der Waals surface area contributed by atoms with Crippen LogP contribution >= 0.6 is 22.6 Å². The maximum Gasteiger partial charge on any atom is 0.269 e. The van der Waals surface area contributed by atoms with Crippen molar-refractivity contribution in [2.75, 3.05) is 6.54 Å². The lowest BCUT2D eigenvalue weighted by Gasteiger charge is -2.09. The van der Waals surface area contributed by atoms with Gasteiger partial charge in [0.15, 0.2) is 0 Å². The Morgan fingerprint density at radius 2 is 1.82 bits per heavy atom. The first-order chi connectivity index (χ1) is 16.5. The van der Waals surface area contributed by atoms with Crippen molar-refractivity contribution in [3.05, 3.63) is 109 Å². The molecule has 0 bridgehead atoms. The number of carbonyl (C=O) groups is 1. The minimum Gasteiger partial charge on any atom is -0.488 e. The van der Waals surface area contributed by atoms with E-state index in [0.717, 1.165) is 22.0 Å². The number of amides is 1. The topological polar surface area (TPSA) is 105 Å². The molecule has 3 aromatic carbocycles. The maximum absolute atomic E-state index is 12.4. The quantitative estimate of drug-likeness (QED) is 0.0878. The van der Waals surface area contributed by atoms with Gasteiger partial charge >= 0.3 is 0 Å². The van der Waals surface area contributed by atoms with Gasteiger partial charge in [0.05, 0.1) is 8.49 Å². The number of carbonyl (C=O) groups excluding carboxylic acids is 1. The second-order valence-corrected chi connectivity index (χ2v) is 8.58. The van der Waals surface area contributed by atoms with E-state index in [2.05, 4.69) is 27.9 Å². The summed E-state index contributed by atoms with van der Waals surface area (Å²) in [6.07, 6.45) is 3.19. The molecule has 7 nitrogen and oxygen atoms in total. The maximum atomic E-state index is 12.4. The Hall–Kier alpha value is -3.71. The summed E-state index contributed by atoms with van der Waals surface area (Å²) in [7, 11) is 0. The van der Waals surface area contributed by atoms with Crippen LogP contribution < -0.4 is 10.1 Å². The number of non-ortho nitro benzene ring substituents is 1. The van der Waals surface area contributed by atoms with Crippen LogP contribution in [0.3, 0.4) is 0 Å². The molecule has 3 aromatic rings. The Labute approximate surface area is 211 Å². The van der Waals surface area contributed by atoms with Crippen LogP contribution in [-0.2, 0) is 17.8 Å². The van der Waals surface area contributed by atoms with Crippen LogP contribution in [0.2, 0.25) is 0 Å². The fourth-order valence-corrected chi connectivity index (χ4v) is 3.84. The number of rotatable bonds is 10. The molecule has 0 saturated carbocycles. The van der Waals surface area contributed by atoms with E-state index in [4.69, 9.17) is 4.74 Å². The van der Waals surface area contributed by atoms with Crippen LogP contribution in [0.4, 0.5) is 5.69 Å². The first-order valence-corrected chi connectivity index (χ1v) is 11.6. The summed E-state index contributed by atoms with van der Waals surface area (Å²) >= 11 is 2.12. The predicted molar refractivity (Wildman–Crippen MR) is 138 cm³/mol. The van der Waals surface area contributed by atoms with E-state index in [1.54, 1.807) is 30.3 Å². The largest absolute Gasteiger partial charge is 0.488 e. The zero-order valence-corrected chi connectivity index (χ0v) is 20.4. The Balaban J connectivity index is 1.55. The van der Waals surface area contributed by atoms with Gasteiger partial charge in [-0.05, 0) is 82.5 Å². The van der Waals surface area contributed by atoms with Crippen LogP contribution in [0.5, 0.6) is 5.75 Å². The molecule has 0 aromatic heterocycles. The summed E-state index contributed by atoms with van der Waals surface area (Å²) in [6.45, 7) is 0.748. The van der Waals surface area contributed by atoms with E-state index in [0.29, 0.717) is 17.9 Å². The third-order valence-corrected chi connectivity index (χ3v) is 5.79. The van der Waals surface area contributed by atoms with E-state index >= 15 is 0 Å². The van der Waals surface area contributed by atoms with Crippen LogP contribution in [0.15, 0.2) is 78.4 Å². The second-order valence-electron chi connectivity index (χ2n) is 7.42. The molecule has 0 unspecified atom stereocenters. The highest BCUT2D eigenvalue weighted by Gasteiger charge is 2.10. The smallest absolute Gasteiger partial charge is 0.269 e. The van der Waals surface area contributed by atoms with Gasteiger partial charge in [0.2, 0.25) is 0 Å². The number of nitrogens with zero attached hydrogens (tertiary/aromatic N) is 2. The number of nitro benzene ring substituents is 1. The Kier molecular flexibility index (Phi) is 9.17. The minimum atomic E-state index is -0.444. The highest BCUT2D eigenvalue weighted by Crippen LogP contribution is 2.24. The van der Waals surface area contributed by atoms with Gasteiger partial charge in [-0.2, -0.15) is 5.26 Å². The van der Waals surface area contributed by atoms with Crippen LogP contribution in [0.1, 0.15) is 23.1 Å². The molecule has 0 saturated heterocycles. The van der Waals surface area contributed by atoms with Crippen LogP contribution in [-0.4, -0.2) is 17.4 Å². The van der Waals surface area contributed by atoms with Gasteiger partial charge in [-0.3, -0.25) is 14.9 Å². The summed E-state index contributed by atoms with van der Waals surface area (Å²) in [5.41, 5.74) is 2.79. The molecule has 0 atom stereocenters. The van der Waals surface area contributed by atoms with Gasteiger partial charge in [0.1, 0.15) is 24.0 Å². The normalized spacial score (nSPS) is 10.9. The number of hydrogen-bond acceptors (Lipinski definition) is 5. The highest BCUT2D eigenvalue weighted by molar-refractivity contribution is 14.1. The molecule has 0 heterocycles. The van der Waals surface area contributed by atoms with Crippen molar-refractivity contribution in [1.29, 1.82) is 5.26 Å². The fourth-order valence-electron chi connectivity index (χ4n) is 3.15. The first kappa shape index (κ1) is 24.9. The zero-order chi connectivity index (χ0) is 24.3. The van der Waals surface area contributed by atoms with E-state index in [1.165, 1.54) is 17.7 Å². The molecule has 0 fully saturated rings. The van der Waals surface area contributed by atoms with E-state index in [-0.39, 0.29) is 17.9 Å². The van der Waals surface area contributed by atoms with Gasteiger partial charge in [-0.1, -0.05) is 36.4 Å². The summed E-state index contributed by atoms with van der Waals surface area (Å²) in [5.74, 6) is 0.240. The number of nitro groups is 1. The molecular formula is C26H22IN3O4. The minimum absolute atomic E-state index is 0.0306. The second kappa shape index (κ2) is 12.5. The number of nitriles is 1. The summed E-state index contributed by atoms with van der Waals surface area (Å²) in [6, 6.07) is 23.5. The van der Waals surface area contributed by atoms with Crippen molar-refractivity contribution in [3.8, 4) is 11.8 Å². The third-order valence-electron chi connectivity index (χ3n) is 4.94. The lowest BCUT2D eigenvalue weighted by molar-refractivity contribution is -0.384. The van der Waals surface area contributed by atoms with Gasteiger partial charge in [-0.15, -0.1) is 0 Å². The molecule has 0 aliphatic carbocycles. The zero-order valence-electron chi connectivity index (χ0n) is 18.2. The molecule has 1 N–H and O–H groups in total. The number of aryl methyl sites for hydroxylation is 1. The van der Waals surface area contributed by atoms with Crippen molar-refractivity contribution >= 4 is 40.3 Å². The molecule has 0 spiro atoms. The molecule has 3 rings (SSSR count). The summed E-state index contributed by atoms with van der Waals surface area (Å²) in [4.78, 5) is 22.7. The number of benzene rings is 3. The molecule has 0 radical (unpaired) electrons. The molecule has 0 aliphatic rings. The lowest BCUT2D eigenvalue weighted by atomic mass is 10.1. The average molecular weight is 567 g/mol. The van der Waals surface area contributed by atoms with Crippen molar-refractivity contribution in [2.24, 2.45) is 0 Å². The van der Waals surface area contributed by atoms with Crippen molar-refractivity contribution in [1.82, 2.24) is 5.32 Å². The van der Waals surface area contributed by atoms with E-state index < -0.39 is 10.8 Å². The average Bonchev–Trinajstić information content (AvgIpc) is 2.85. The number of hydrogen-bond donors (Lipinski definition) is 1. The highest BCUT2D eigenvalue weighted by atomic mass is 127. The standard InChI is InChI=1S/C26H22IN3O4/c27-24-16-21(10-13-25(24)34-18-20-8-11-23(12-9-20)30(32)33)15-22(17-28)26(31)29-14-4-7-19-5-2-1-3-6-19/h1-3,5-6,8-13,15-16H,4,7,14,18H2,(H,29,31)/b22-15-. The van der Waals surface area contributed by atoms with Crippen LogP contribution in [0.25, 0.3) is 6.08 Å². The molecule has 1 amide bonds. The fraction of sp³-hybridized carbons (Fsp3) is 0.154. The van der Waals surface area contributed by atoms with E-state index in [1.807, 2.05) is 42.5 Å². The van der Waals surface area contributed by atoms with Gasteiger partial charge < -0.3 is 10.1 Å². The SMILES string of the molecule is N#C/C(=C/c1ccc(OCc2ccc([N+](=O)[O-])cc2)c(I)c1)C(=O)NCCCc1ccccc1. The number of ether oxygens (including phenoxy) is 1. The molecule has 8 heteroatoms. The number of halogens is 1. The van der Waals surface area contributed by atoms with Crippen molar-refractivity contribution in [2.45, 2.75) is 19.4 Å². The molecule has 172 valence electrons. The summed E-state index contributed by atoms with van der Waals surface area (Å²) < 4.78 is 6.63. The Bertz CT molecular complexity index is 1220. The monoisotopic (exact) mass is 567 g/mol. The van der Waals surface area contributed by atoms with Crippen molar-refractivity contribution in [3.63, 3.8) is 0 Å². The van der Waals surface area contributed by atoms with Gasteiger partial charge in [0.25, 0.3) is 11.6 Å². The van der Waals surface area contributed by atoms with Crippen molar-refractivity contribution < 1.29 is 14.5 Å². The van der Waals surface area contributed by atoms with Crippen LogP contribution in [0, 0.1) is 25.0 Å². The summed E-state index contributed by atoms with van der Waals surface area (Å²) in [5, 5.41) is 23.0. The molecule has 34 heavy (non-hydrogen) atoms. The van der Waals surface area contributed by atoms with E-state index in [9.17, 15) is 20.2 Å². The Morgan fingerprint density at radius 1 is 1.09 bits per heavy atom.